The zero-order valence-electron chi connectivity index (χ0n) is 19.9. The first-order chi connectivity index (χ1) is 16.4. The fourth-order valence-corrected chi connectivity index (χ4v) is 3.98. The molecule has 34 heavy (non-hydrogen) atoms. The second-order valence-electron chi connectivity index (χ2n) is 9.04. The molecule has 0 radical (unpaired) electrons. The van der Waals surface area contributed by atoms with E-state index in [9.17, 15) is 9.59 Å². The molecule has 1 N–H and O–H groups in total. The van der Waals surface area contributed by atoms with Crippen LogP contribution in [0.3, 0.4) is 0 Å². The summed E-state index contributed by atoms with van der Waals surface area (Å²) < 4.78 is 5.45. The second kappa shape index (κ2) is 10.6. The summed E-state index contributed by atoms with van der Waals surface area (Å²) in [5.74, 6) is 0.852. The second-order valence-corrected chi connectivity index (χ2v) is 9.04. The van der Waals surface area contributed by atoms with Crippen LogP contribution >= 0.6 is 0 Å². The Morgan fingerprint density at radius 1 is 1.00 bits per heavy atom. The van der Waals surface area contributed by atoms with Crippen molar-refractivity contribution in [3.63, 3.8) is 0 Å². The number of rotatable bonds is 7. The third kappa shape index (κ3) is 5.69. The minimum absolute atomic E-state index is 0.0169. The number of aryl methyl sites for hydroxylation is 1. The largest absolute Gasteiger partial charge is 0.340 e. The molecule has 1 fully saturated rings. The van der Waals surface area contributed by atoms with Crippen molar-refractivity contribution < 1.29 is 14.1 Å². The SMILES string of the molecule is Cc1ccc(-c2noc(CN3CCN(C(=O)C(NC(=O)c4ccccc4)C(C)C)CC3)n2)cc1. The fraction of sp³-hybridized carbons (Fsp3) is 0.385. The highest BCUT2D eigenvalue weighted by atomic mass is 16.5. The van der Waals surface area contributed by atoms with E-state index in [2.05, 4.69) is 20.4 Å². The lowest BCUT2D eigenvalue weighted by Gasteiger charge is -2.36. The lowest BCUT2D eigenvalue weighted by molar-refractivity contribution is -0.136. The van der Waals surface area contributed by atoms with Crippen molar-refractivity contribution >= 4 is 11.8 Å². The summed E-state index contributed by atoms with van der Waals surface area (Å²) in [4.78, 5) is 34.4. The van der Waals surface area contributed by atoms with E-state index in [1.165, 1.54) is 5.56 Å². The molecule has 2 aromatic carbocycles. The normalized spacial score (nSPS) is 15.4. The number of hydrogen-bond acceptors (Lipinski definition) is 6. The number of nitrogens with one attached hydrogen (secondary N) is 1. The van der Waals surface area contributed by atoms with Gasteiger partial charge in [-0.15, -0.1) is 0 Å². The van der Waals surface area contributed by atoms with Crippen LogP contribution in [0.1, 0.15) is 35.7 Å². The minimum Gasteiger partial charge on any atom is -0.340 e. The van der Waals surface area contributed by atoms with E-state index in [0.717, 1.165) is 5.56 Å². The van der Waals surface area contributed by atoms with Crippen LogP contribution in [0.25, 0.3) is 11.4 Å². The summed E-state index contributed by atoms with van der Waals surface area (Å²) in [7, 11) is 0. The zero-order valence-corrected chi connectivity index (χ0v) is 19.9. The van der Waals surface area contributed by atoms with E-state index in [4.69, 9.17) is 4.52 Å². The molecule has 0 bridgehead atoms. The van der Waals surface area contributed by atoms with Crippen molar-refractivity contribution in [1.82, 2.24) is 25.3 Å². The Bertz CT molecular complexity index is 1100. The maximum Gasteiger partial charge on any atom is 0.251 e. The number of carbonyl (C=O) groups excluding carboxylic acids is 2. The number of aromatic nitrogens is 2. The Balaban J connectivity index is 1.31. The van der Waals surface area contributed by atoms with Crippen LogP contribution in [0.5, 0.6) is 0 Å². The molecule has 4 rings (SSSR count). The van der Waals surface area contributed by atoms with E-state index >= 15 is 0 Å². The van der Waals surface area contributed by atoms with Gasteiger partial charge in [-0.2, -0.15) is 4.98 Å². The van der Waals surface area contributed by atoms with Crippen LogP contribution in [-0.2, 0) is 11.3 Å². The van der Waals surface area contributed by atoms with Gasteiger partial charge >= 0.3 is 0 Å². The number of piperazine rings is 1. The third-order valence-corrected chi connectivity index (χ3v) is 6.08. The summed E-state index contributed by atoms with van der Waals surface area (Å²) >= 11 is 0. The summed E-state index contributed by atoms with van der Waals surface area (Å²) in [5.41, 5.74) is 2.66. The molecule has 0 aliphatic carbocycles. The van der Waals surface area contributed by atoms with E-state index in [0.29, 0.717) is 50.0 Å². The summed E-state index contributed by atoms with van der Waals surface area (Å²) in [5, 5.41) is 7.03. The number of carbonyl (C=O) groups is 2. The monoisotopic (exact) mass is 461 g/mol. The summed E-state index contributed by atoms with van der Waals surface area (Å²) in [6.07, 6.45) is 0. The van der Waals surface area contributed by atoms with Gasteiger partial charge < -0.3 is 14.7 Å². The van der Waals surface area contributed by atoms with Gasteiger partial charge in [-0.25, -0.2) is 0 Å². The molecule has 1 atom stereocenters. The Morgan fingerprint density at radius 2 is 1.68 bits per heavy atom. The van der Waals surface area contributed by atoms with Gasteiger partial charge in [0, 0.05) is 37.3 Å². The lowest BCUT2D eigenvalue weighted by Crippen LogP contribution is -2.56. The lowest BCUT2D eigenvalue weighted by atomic mass is 10.0. The Kier molecular flexibility index (Phi) is 7.37. The van der Waals surface area contributed by atoms with Crippen LogP contribution in [0.4, 0.5) is 0 Å². The Hall–Kier alpha value is -3.52. The third-order valence-electron chi connectivity index (χ3n) is 6.08. The standard InChI is InChI=1S/C26H31N5O3/c1-18(2)23(28-25(32)21-7-5-4-6-8-21)26(33)31-15-13-30(14-16-31)17-22-27-24(29-34-22)20-11-9-19(3)10-12-20/h4-12,18,23H,13-17H2,1-3H3,(H,28,32). The molecule has 1 aliphatic rings. The van der Waals surface area contributed by atoms with Crippen molar-refractivity contribution in [2.45, 2.75) is 33.4 Å². The summed E-state index contributed by atoms with van der Waals surface area (Å²) in [6.45, 7) is 9.05. The van der Waals surface area contributed by atoms with Crippen molar-refractivity contribution in [2.24, 2.45) is 5.92 Å². The van der Waals surface area contributed by atoms with Crippen LogP contribution in [0, 0.1) is 12.8 Å². The molecule has 2 heterocycles. The molecule has 8 heteroatoms. The van der Waals surface area contributed by atoms with Crippen molar-refractivity contribution in [3.05, 3.63) is 71.6 Å². The maximum absolute atomic E-state index is 13.2. The van der Waals surface area contributed by atoms with Crippen molar-refractivity contribution in [1.29, 1.82) is 0 Å². The predicted molar refractivity (Wildman–Crippen MR) is 129 cm³/mol. The number of amides is 2. The van der Waals surface area contributed by atoms with Gasteiger partial charge in [-0.3, -0.25) is 14.5 Å². The first-order valence-electron chi connectivity index (χ1n) is 11.7. The molecule has 8 nitrogen and oxygen atoms in total. The van der Waals surface area contributed by atoms with Gasteiger partial charge in [-0.05, 0) is 25.0 Å². The molecule has 1 aromatic heterocycles. The molecule has 1 aliphatic heterocycles. The molecule has 1 unspecified atom stereocenters. The Labute approximate surface area is 199 Å². The topological polar surface area (TPSA) is 91.6 Å². The van der Waals surface area contributed by atoms with Crippen LogP contribution in [0.2, 0.25) is 0 Å². The van der Waals surface area contributed by atoms with E-state index in [-0.39, 0.29) is 17.7 Å². The van der Waals surface area contributed by atoms with Gasteiger partial charge in [0.2, 0.25) is 17.6 Å². The highest BCUT2D eigenvalue weighted by Gasteiger charge is 2.31. The Morgan fingerprint density at radius 3 is 2.32 bits per heavy atom. The minimum atomic E-state index is -0.563. The number of hydrogen-bond donors (Lipinski definition) is 1. The molecule has 0 spiro atoms. The van der Waals surface area contributed by atoms with Crippen LogP contribution < -0.4 is 5.32 Å². The maximum atomic E-state index is 13.2. The van der Waals surface area contributed by atoms with Crippen molar-refractivity contribution in [2.75, 3.05) is 26.2 Å². The molecular weight excluding hydrogens is 430 g/mol. The molecule has 2 amide bonds. The van der Waals surface area contributed by atoms with E-state index in [1.807, 2.05) is 68.1 Å². The summed E-state index contributed by atoms with van der Waals surface area (Å²) in [6, 6.07) is 16.4. The van der Waals surface area contributed by atoms with Crippen LogP contribution in [-0.4, -0.2) is 64.0 Å². The highest BCUT2D eigenvalue weighted by molar-refractivity contribution is 5.97. The van der Waals surface area contributed by atoms with Gasteiger partial charge in [0.25, 0.3) is 5.91 Å². The smallest absolute Gasteiger partial charge is 0.251 e. The first kappa shape index (κ1) is 23.6. The fourth-order valence-electron chi connectivity index (χ4n) is 3.98. The van der Waals surface area contributed by atoms with Gasteiger partial charge in [0.15, 0.2) is 0 Å². The molecule has 1 saturated heterocycles. The van der Waals surface area contributed by atoms with E-state index < -0.39 is 6.04 Å². The van der Waals surface area contributed by atoms with Crippen molar-refractivity contribution in [3.8, 4) is 11.4 Å². The van der Waals surface area contributed by atoms with E-state index in [1.54, 1.807) is 12.1 Å². The average Bonchev–Trinajstić information content (AvgIpc) is 3.31. The average molecular weight is 462 g/mol. The number of benzene rings is 2. The molecule has 3 aromatic rings. The quantitative estimate of drug-likeness (QED) is 0.581. The first-order valence-corrected chi connectivity index (χ1v) is 11.7. The highest BCUT2D eigenvalue weighted by Crippen LogP contribution is 2.18. The predicted octanol–water partition coefficient (Wildman–Crippen LogP) is 3.14. The molecule has 178 valence electrons. The van der Waals surface area contributed by atoms with Gasteiger partial charge in [-0.1, -0.05) is 67.0 Å². The zero-order chi connectivity index (χ0) is 24.1. The molecular formula is C26H31N5O3. The van der Waals surface area contributed by atoms with Crippen LogP contribution in [0.15, 0.2) is 59.1 Å². The van der Waals surface area contributed by atoms with Gasteiger partial charge in [0.1, 0.15) is 6.04 Å². The molecule has 0 saturated carbocycles. The van der Waals surface area contributed by atoms with Gasteiger partial charge in [0.05, 0.1) is 6.54 Å². The number of nitrogens with zero attached hydrogens (tertiary/aromatic N) is 4.